The maximum Gasteiger partial charge on any atom is 0.138 e. The molecule has 0 aliphatic carbocycles. The van der Waals surface area contributed by atoms with Gasteiger partial charge in [0.25, 0.3) is 0 Å². The number of rotatable bonds is 0. The van der Waals surface area contributed by atoms with E-state index in [0.717, 1.165) is 6.42 Å². The highest BCUT2D eigenvalue weighted by atomic mass is 16.1. The zero-order valence-electron chi connectivity index (χ0n) is 7.21. The van der Waals surface area contributed by atoms with Crippen molar-refractivity contribution in [2.24, 2.45) is 5.92 Å². The van der Waals surface area contributed by atoms with Gasteiger partial charge in [-0.2, -0.15) is 0 Å². The van der Waals surface area contributed by atoms with Crippen LogP contribution in [0.15, 0.2) is 0 Å². The summed E-state index contributed by atoms with van der Waals surface area (Å²) in [4.78, 5) is 13.8. The number of piperidine rings is 1. The predicted octanol–water partition coefficient (Wildman–Crippen LogP) is 1.06. The number of ketones is 1. The number of fused-ring (bicyclic) bond motifs is 2. The number of carbonyl (C=O) groups is 1. The van der Waals surface area contributed by atoms with E-state index in [2.05, 4.69) is 18.9 Å². The second-order valence-corrected chi connectivity index (χ2v) is 3.92. The van der Waals surface area contributed by atoms with E-state index in [1.807, 2.05) is 0 Å². The van der Waals surface area contributed by atoms with Crippen molar-refractivity contribution in [3.05, 3.63) is 0 Å². The van der Waals surface area contributed by atoms with Crippen LogP contribution in [0.1, 0.15) is 26.2 Å². The molecule has 62 valence electrons. The third-order valence-electron chi connectivity index (χ3n) is 3.42. The van der Waals surface area contributed by atoms with E-state index in [1.54, 1.807) is 0 Å². The van der Waals surface area contributed by atoms with Gasteiger partial charge in [-0.1, -0.05) is 6.92 Å². The summed E-state index contributed by atoms with van der Waals surface area (Å²) in [5, 5.41) is 0. The standard InChI is InChI=1S/C9H15NO/c1-6-8-4-3-7(10(8)2)5-9(6)11/h6-8H,3-5H2,1-2H3/t6-,7+,8+/m0/s1. The van der Waals surface area contributed by atoms with Crippen LogP contribution in [0.4, 0.5) is 0 Å². The number of nitrogens with zero attached hydrogens (tertiary/aromatic N) is 1. The summed E-state index contributed by atoms with van der Waals surface area (Å²) in [6.45, 7) is 2.07. The summed E-state index contributed by atoms with van der Waals surface area (Å²) in [6.07, 6.45) is 3.26. The van der Waals surface area contributed by atoms with E-state index in [9.17, 15) is 4.79 Å². The molecule has 0 amide bonds. The van der Waals surface area contributed by atoms with Gasteiger partial charge in [0.1, 0.15) is 5.78 Å². The molecule has 0 radical (unpaired) electrons. The molecule has 3 atom stereocenters. The predicted molar refractivity (Wildman–Crippen MR) is 43.4 cm³/mol. The van der Waals surface area contributed by atoms with E-state index in [1.165, 1.54) is 12.8 Å². The molecule has 0 aromatic carbocycles. The lowest BCUT2D eigenvalue weighted by Crippen LogP contribution is -2.45. The molecule has 11 heavy (non-hydrogen) atoms. The summed E-state index contributed by atoms with van der Waals surface area (Å²) in [7, 11) is 2.16. The van der Waals surface area contributed by atoms with Crippen LogP contribution in [-0.4, -0.2) is 29.8 Å². The number of hydrogen-bond acceptors (Lipinski definition) is 2. The zero-order chi connectivity index (χ0) is 8.01. The highest BCUT2D eigenvalue weighted by molar-refractivity contribution is 5.83. The molecule has 0 aromatic heterocycles. The average molecular weight is 153 g/mol. The largest absolute Gasteiger partial charge is 0.299 e. The molecule has 2 rings (SSSR count). The lowest BCUT2D eigenvalue weighted by Gasteiger charge is -2.34. The minimum absolute atomic E-state index is 0.291. The van der Waals surface area contributed by atoms with Crippen LogP contribution < -0.4 is 0 Å². The van der Waals surface area contributed by atoms with Crippen molar-refractivity contribution >= 4 is 5.78 Å². The normalized spacial score (nSPS) is 44.9. The monoisotopic (exact) mass is 153 g/mol. The average Bonchev–Trinajstić information content (AvgIpc) is 2.23. The van der Waals surface area contributed by atoms with E-state index < -0.39 is 0 Å². The van der Waals surface area contributed by atoms with Crippen LogP contribution >= 0.6 is 0 Å². The molecule has 2 saturated heterocycles. The van der Waals surface area contributed by atoms with E-state index in [4.69, 9.17) is 0 Å². The molecule has 0 spiro atoms. The Kier molecular flexibility index (Phi) is 1.53. The first-order valence-electron chi connectivity index (χ1n) is 4.45. The van der Waals surface area contributed by atoms with Gasteiger partial charge in [-0.25, -0.2) is 0 Å². The van der Waals surface area contributed by atoms with Gasteiger partial charge in [-0.05, 0) is 19.9 Å². The fourth-order valence-electron chi connectivity index (χ4n) is 2.52. The van der Waals surface area contributed by atoms with Crippen molar-refractivity contribution in [1.82, 2.24) is 4.90 Å². The highest BCUT2D eigenvalue weighted by Crippen LogP contribution is 2.35. The van der Waals surface area contributed by atoms with Crippen LogP contribution in [-0.2, 0) is 4.79 Å². The van der Waals surface area contributed by atoms with Gasteiger partial charge in [-0.15, -0.1) is 0 Å². The Bertz CT molecular complexity index is 190. The Morgan fingerprint density at radius 1 is 1.45 bits per heavy atom. The van der Waals surface area contributed by atoms with Gasteiger partial charge in [-0.3, -0.25) is 9.69 Å². The minimum Gasteiger partial charge on any atom is -0.299 e. The van der Waals surface area contributed by atoms with Gasteiger partial charge < -0.3 is 0 Å². The summed E-state index contributed by atoms with van der Waals surface area (Å²) in [6, 6.07) is 1.13. The molecule has 2 fully saturated rings. The summed E-state index contributed by atoms with van der Waals surface area (Å²) >= 11 is 0. The molecule has 2 nitrogen and oxygen atoms in total. The van der Waals surface area contributed by atoms with E-state index in [0.29, 0.717) is 23.8 Å². The lowest BCUT2D eigenvalue weighted by molar-refractivity contribution is -0.127. The topological polar surface area (TPSA) is 20.3 Å². The molecule has 0 N–H and O–H groups in total. The van der Waals surface area contributed by atoms with Crippen LogP contribution in [0.2, 0.25) is 0 Å². The fraction of sp³-hybridized carbons (Fsp3) is 0.889. The molecule has 2 heterocycles. The Morgan fingerprint density at radius 3 is 2.91 bits per heavy atom. The Balaban J connectivity index is 2.22. The second kappa shape index (κ2) is 2.31. The van der Waals surface area contributed by atoms with Gasteiger partial charge in [0.15, 0.2) is 0 Å². The SMILES string of the molecule is C[C@@H]1C(=O)C[C@H]2CC[C@H]1N2C. The van der Waals surface area contributed by atoms with Crippen molar-refractivity contribution < 1.29 is 4.79 Å². The van der Waals surface area contributed by atoms with Gasteiger partial charge in [0, 0.05) is 24.4 Å². The quantitative estimate of drug-likeness (QED) is 0.518. The number of hydrogen-bond donors (Lipinski definition) is 0. The Hall–Kier alpha value is -0.370. The summed E-state index contributed by atoms with van der Waals surface area (Å²) in [5.41, 5.74) is 0. The summed E-state index contributed by atoms with van der Waals surface area (Å²) in [5.74, 6) is 0.773. The first-order chi connectivity index (χ1) is 5.20. The van der Waals surface area contributed by atoms with Crippen molar-refractivity contribution in [1.29, 1.82) is 0 Å². The molecule has 2 heteroatoms. The van der Waals surface area contributed by atoms with Gasteiger partial charge >= 0.3 is 0 Å². The zero-order valence-corrected chi connectivity index (χ0v) is 7.21. The molecule has 2 bridgehead atoms. The van der Waals surface area contributed by atoms with E-state index in [-0.39, 0.29) is 0 Å². The maximum absolute atomic E-state index is 11.4. The van der Waals surface area contributed by atoms with Gasteiger partial charge in [0.2, 0.25) is 0 Å². The minimum atomic E-state index is 0.291. The van der Waals surface area contributed by atoms with Crippen LogP contribution in [0.5, 0.6) is 0 Å². The molecular formula is C9H15NO. The van der Waals surface area contributed by atoms with Crippen molar-refractivity contribution in [3.8, 4) is 0 Å². The molecule has 0 aromatic rings. The second-order valence-electron chi connectivity index (χ2n) is 3.92. The fourth-order valence-corrected chi connectivity index (χ4v) is 2.52. The first kappa shape index (κ1) is 7.29. The van der Waals surface area contributed by atoms with Crippen molar-refractivity contribution in [2.75, 3.05) is 7.05 Å². The third kappa shape index (κ3) is 0.924. The van der Waals surface area contributed by atoms with Crippen LogP contribution in [0.25, 0.3) is 0 Å². The molecule has 2 aliphatic rings. The smallest absolute Gasteiger partial charge is 0.138 e. The lowest BCUT2D eigenvalue weighted by atomic mass is 9.91. The Labute approximate surface area is 67.6 Å². The Morgan fingerprint density at radius 2 is 2.18 bits per heavy atom. The molecule has 2 aliphatic heterocycles. The van der Waals surface area contributed by atoms with Crippen molar-refractivity contribution in [2.45, 2.75) is 38.3 Å². The number of Topliss-reactive ketones (excluding diaryl/α,β-unsaturated/α-hetero) is 1. The first-order valence-corrected chi connectivity index (χ1v) is 4.45. The highest BCUT2D eigenvalue weighted by Gasteiger charge is 2.42. The molecular weight excluding hydrogens is 138 g/mol. The van der Waals surface area contributed by atoms with Crippen LogP contribution in [0, 0.1) is 5.92 Å². The third-order valence-corrected chi connectivity index (χ3v) is 3.42. The van der Waals surface area contributed by atoms with Gasteiger partial charge in [0.05, 0.1) is 0 Å². The van der Waals surface area contributed by atoms with Crippen LogP contribution in [0.3, 0.4) is 0 Å². The maximum atomic E-state index is 11.4. The van der Waals surface area contributed by atoms with Crippen molar-refractivity contribution in [3.63, 3.8) is 0 Å². The summed E-state index contributed by atoms with van der Waals surface area (Å²) < 4.78 is 0. The molecule has 0 unspecified atom stereocenters. The van der Waals surface area contributed by atoms with E-state index >= 15 is 0 Å². The molecule has 0 saturated carbocycles. The number of carbonyl (C=O) groups excluding carboxylic acids is 1.